The van der Waals surface area contributed by atoms with E-state index in [1.165, 1.54) is 12.1 Å². The van der Waals surface area contributed by atoms with Crippen LogP contribution in [0.1, 0.15) is 19.8 Å². The van der Waals surface area contributed by atoms with Crippen LogP contribution in [0.3, 0.4) is 0 Å². The fraction of sp³-hybridized carbons (Fsp3) is 0.533. The van der Waals surface area contributed by atoms with Crippen LogP contribution >= 0.6 is 0 Å². The van der Waals surface area contributed by atoms with Crippen molar-refractivity contribution >= 4 is 11.6 Å². The molecule has 1 saturated heterocycles. The molecule has 1 aliphatic heterocycles. The van der Waals surface area contributed by atoms with E-state index in [4.69, 9.17) is 5.73 Å². The lowest BCUT2D eigenvalue weighted by atomic mass is 10.1. The molecule has 0 spiro atoms. The van der Waals surface area contributed by atoms with Gasteiger partial charge in [0, 0.05) is 44.3 Å². The Kier molecular flexibility index (Phi) is 4.95. The molecular weight excluding hydrogens is 257 g/mol. The number of anilines is 1. The van der Waals surface area contributed by atoms with Gasteiger partial charge in [0.1, 0.15) is 5.82 Å². The zero-order valence-corrected chi connectivity index (χ0v) is 11.9. The predicted molar refractivity (Wildman–Crippen MR) is 78.1 cm³/mol. The molecule has 1 amide bonds. The Labute approximate surface area is 119 Å². The van der Waals surface area contributed by atoms with E-state index in [9.17, 15) is 9.18 Å². The van der Waals surface area contributed by atoms with Gasteiger partial charge in [0.25, 0.3) is 0 Å². The number of nitrogens with two attached hydrogens (primary N) is 1. The summed E-state index contributed by atoms with van der Waals surface area (Å²) in [4.78, 5) is 16.1. The average Bonchev–Trinajstić information content (AvgIpc) is 2.46. The Morgan fingerprint density at radius 3 is 2.40 bits per heavy atom. The monoisotopic (exact) mass is 279 g/mol. The molecule has 1 aliphatic rings. The first kappa shape index (κ1) is 14.8. The van der Waals surface area contributed by atoms with E-state index in [0.29, 0.717) is 6.42 Å². The molecule has 0 aromatic heterocycles. The molecule has 1 aromatic carbocycles. The van der Waals surface area contributed by atoms with Crippen LogP contribution in [0.5, 0.6) is 0 Å². The quantitative estimate of drug-likeness (QED) is 0.911. The highest BCUT2D eigenvalue weighted by Crippen LogP contribution is 2.17. The van der Waals surface area contributed by atoms with Crippen LogP contribution in [0.4, 0.5) is 10.1 Å². The second-order valence-corrected chi connectivity index (χ2v) is 5.36. The van der Waals surface area contributed by atoms with Crippen molar-refractivity contribution in [3.63, 3.8) is 0 Å². The summed E-state index contributed by atoms with van der Waals surface area (Å²) in [6.07, 6.45) is 1.26. The number of benzene rings is 1. The molecule has 1 fully saturated rings. The maximum absolute atomic E-state index is 12.9. The first-order chi connectivity index (χ1) is 9.56. The topological polar surface area (TPSA) is 49.6 Å². The van der Waals surface area contributed by atoms with E-state index in [0.717, 1.165) is 38.3 Å². The van der Waals surface area contributed by atoms with Crippen LogP contribution < -0.4 is 10.6 Å². The van der Waals surface area contributed by atoms with Gasteiger partial charge in [0.2, 0.25) is 5.91 Å². The highest BCUT2D eigenvalue weighted by molar-refractivity contribution is 5.76. The lowest BCUT2D eigenvalue weighted by molar-refractivity contribution is -0.131. The van der Waals surface area contributed by atoms with E-state index >= 15 is 0 Å². The summed E-state index contributed by atoms with van der Waals surface area (Å²) in [5.74, 6) is -0.0421. The number of carbonyl (C=O) groups excluding carboxylic acids is 1. The first-order valence-corrected chi connectivity index (χ1v) is 7.10. The van der Waals surface area contributed by atoms with Gasteiger partial charge in [-0.25, -0.2) is 4.39 Å². The molecule has 0 radical (unpaired) electrons. The van der Waals surface area contributed by atoms with Gasteiger partial charge in [-0.05, 0) is 37.6 Å². The molecule has 110 valence electrons. The van der Waals surface area contributed by atoms with Crippen LogP contribution in [0.2, 0.25) is 0 Å². The Morgan fingerprint density at radius 2 is 1.85 bits per heavy atom. The van der Waals surface area contributed by atoms with Crippen molar-refractivity contribution in [2.75, 3.05) is 31.1 Å². The smallest absolute Gasteiger partial charge is 0.222 e. The van der Waals surface area contributed by atoms with Gasteiger partial charge in [-0.3, -0.25) is 4.79 Å². The molecule has 5 heteroatoms. The zero-order valence-electron chi connectivity index (χ0n) is 11.9. The first-order valence-electron chi connectivity index (χ1n) is 7.10. The predicted octanol–water partition coefficient (Wildman–Crippen LogP) is 1.60. The number of nitrogens with zero attached hydrogens (tertiary/aromatic N) is 2. The van der Waals surface area contributed by atoms with Crippen molar-refractivity contribution in [2.24, 2.45) is 5.73 Å². The molecule has 0 aliphatic carbocycles. The third-order valence-corrected chi connectivity index (χ3v) is 3.64. The van der Waals surface area contributed by atoms with Crippen LogP contribution in [0, 0.1) is 5.82 Å². The molecule has 1 atom stereocenters. The minimum absolute atomic E-state index is 0.0689. The van der Waals surface area contributed by atoms with Gasteiger partial charge in [-0.2, -0.15) is 0 Å². The van der Waals surface area contributed by atoms with Crippen LogP contribution in [-0.4, -0.2) is 43.0 Å². The summed E-state index contributed by atoms with van der Waals surface area (Å²) in [6, 6.07) is 6.57. The third-order valence-electron chi connectivity index (χ3n) is 3.64. The van der Waals surface area contributed by atoms with Crippen molar-refractivity contribution in [1.29, 1.82) is 0 Å². The Morgan fingerprint density at radius 1 is 1.25 bits per heavy atom. The summed E-state index contributed by atoms with van der Waals surface area (Å²) in [5.41, 5.74) is 6.68. The van der Waals surface area contributed by atoms with Gasteiger partial charge in [0.05, 0.1) is 0 Å². The normalized spacial score (nSPS) is 17.1. The van der Waals surface area contributed by atoms with E-state index in [2.05, 4.69) is 4.90 Å². The molecule has 1 aromatic rings. The standard InChI is InChI=1S/C15H22FN3O/c1-12(17)2-7-15(20)19-10-8-18(9-11-19)14-5-3-13(16)4-6-14/h3-6,12H,2,7-11,17H2,1H3. The van der Waals surface area contributed by atoms with Crippen molar-refractivity contribution in [1.82, 2.24) is 4.90 Å². The van der Waals surface area contributed by atoms with Gasteiger partial charge >= 0.3 is 0 Å². The lowest BCUT2D eigenvalue weighted by Crippen LogP contribution is -2.48. The molecule has 0 bridgehead atoms. The lowest BCUT2D eigenvalue weighted by Gasteiger charge is -2.36. The van der Waals surface area contributed by atoms with E-state index in [1.54, 1.807) is 12.1 Å². The fourth-order valence-electron chi connectivity index (χ4n) is 2.38. The Bertz CT molecular complexity index is 439. The van der Waals surface area contributed by atoms with Crippen LogP contribution in [0.15, 0.2) is 24.3 Å². The van der Waals surface area contributed by atoms with E-state index in [-0.39, 0.29) is 17.8 Å². The summed E-state index contributed by atoms with van der Waals surface area (Å²) in [7, 11) is 0. The summed E-state index contributed by atoms with van der Waals surface area (Å²) in [5, 5.41) is 0. The van der Waals surface area contributed by atoms with Crippen LogP contribution in [-0.2, 0) is 4.79 Å². The molecule has 1 heterocycles. The molecule has 20 heavy (non-hydrogen) atoms. The van der Waals surface area contributed by atoms with Crippen molar-refractivity contribution in [2.45, 2.75) is 25.8 Å². The van der Waals surface area contributed by atoms with Gasteiger partial charge < -0.3 is 15.5 Å². The number of carbonyl (C=O) groups is 1. The largest absolute Gasteiger partial charge is 0.368 e. The number of piperazine rings is 1. The highest BCUT2D eigenvalue weighted by Gasteiger charge is 2.21. The zero-order chi connectivity index (χ0) is 14.5. The van der Waals surface area contributed by atoms with E-state index < -0.39 is 0 Å². The van der Waals surface area contributed by atoms with Crippen molar-refractivity contribution in [3.8, 4) is 0 Å². The molecule has 0 saturated carbocycles. The molecular formula is C15H22FN3O. The van der Waals surface area contributed by atoms with Gasteiger partial charge in [0.15, 0.2) is 0 Å². The minimum atomic E-state index is -0.224. The van der Waals surface area contributed by atoms with Gasteiger partial charge in [-0.1, -0.05) is 0 Å². The molecule has 2 rings (SSSR count). The fourth-order valence-corrected chi connectivity index (χ4v) is 2.38. The molecule has 1 unspecified atom stereocenters. The molecule has 4 nitrogen and oxygen atoms in total. The average molecular weight is 279 g/mol. The summed E-state index contributed by atoms with van der Waals surface area (Å²) in [6.45, 7) is 4.93. The summed E-state index contributed by atoms with van der Waals surface area (Å²) < 4.78 is 12.9. The maximum Gasteiger partial charge on any atom is 0.222 e. The third kappa shape index (κ3) is 3.93. The van der Waals surface area contributed by atoms with Crippen LogP contribution in [0.25, 0.3) is 0 Å². The van der Waals surface area contributed by atoms with Gasteiger partial charge in [-0.15, -0.1) is 0 Å². The van der Waals surface area contributed by atoms with Crippen molar-refractivity contribution in [3.05, 3.63) is 30.1 Å². The second-order valence-electron chi connectivity index (χ2n) is 5.36. The SMILES string of the molecule is CC(N)CCC(=O)N1CCN(c2ccc(F)cc2)CC1. The Hall–Kier alpha value is -1.62. The summed E-state index contributed by atoms with van der Waals surface area (Å²) >= 11 is 0. The number of halogens is 1. The number of hydrogen-bond donors (Lipinski definition) is 1. The van der Waals surface area contributed by atoms with Crippen molar-refractivity contribution < 1.29 is 9.18 Å². The second kappa shape index (κ2) is 6.70. The number of amides is 1. The number of hydrogen-bond acceptors (Lipinski definition) is 3. The highest BCUT2D eigenvalue weighted by atomic mass is 19.1. The number of rotatable bonds is 4. The van der Waals surface area contributed by atoms with E-state index in [1.807, 2.05) is 11.8 Å². The maximum atomic E-state index is 12.9. The minimum Gasteiger partial charge on any atom is -0.368 e. The Balaban J connectivity index is 1.83. The molecule has 2 N–H and O–H groups in total.